The molecule has 2 aromatic rings. The van der Waals surface area contributed by atoms with Crippen LogP contribution in [-0.2, 0) is 4.79 Å². The van der Waals surface area contributed by atoms with Gasteiger partial charge in [-0.25, -0.2) is 0 Å². The minimum absolute atomic E-state index is 0.381. The maximum absolute atomic E-state index is 12.1. The highest BCUT2D eigenvalue weighted by Gasteiger charge is 2.31. The van der Waals surface area contributed by atoms with E-state index in [0.717, 1.165) is 24.3 Å². The second-order valence-electron chi connectivity index (χ2n) is 5.30. The Labute approximate surface area is 155 Å². The molecule has 0 spiro atoms. The van der Waals surface area contributed by atoms with Crippen LogP contribution in [-0.4, -0.2) is 18.5 Å². The van der Waals surface area contributed by atoms with E-state index in [-0.39, 0.29) is 11.5 Å². The summed E-state index contributed by atoms with van der Waals surface area (Å²) < 4.78 is 79.9. The summed E-state index contributed by atoms with van der Waals surface area (Å²) in [5, 5.41) is 0. The molecule has 0 saturated heterocycles. The summed E-state index contributed by atoms with van der Waals surface area (Å²) in [6.07, 6.45) is -4.40. The number of carbonyl (C=O) groups excluding carboxylic acids is 1. The van der Waals surface area contributed by atoms with Gasteiger partial charge in [-0.3, -0.25) is 4.79 Å². The fourth-order valence-electron chi connectivity index (χ4n) is 1.97. The second kappa shape index (κ2) is 8.64. The average Bonchev–Trinajstić information content (AvgIpc) is 2.58. The first kappa shape index (κ1) is 21.1. The maximum atomic E-state index is 12.1. The van der Waals surface area contributed by atoms with Crippen LogP contribution in [0.3, 0.4) is 0 Å². The first-order valence-electron chi connectivity index (χ1n) is 7.62. The number of halogens is 6. The quantitative estimate of drug-likeness (QED) is 0.454. The number of carbonyl (C=O) groups is 1. The van der Waals surface area contributed by atoms with E-state index in [4.69, 9.17) is 0 Å². The third-order valence-electron chi connectivity index (χ3n) is 3.11. The van der Waals surface area contributed by atoms with Crippen LogP contribution >= 0.6 is 0 Å². The molecule has 0 aromatic heterocycles. The molecule has 2 aromatic carbocycles. The monoisotopic (exact) mass is 402 g/mol. The zero-order chi connectivity index (χ0) is 20.8. The van der Waals surface area contributed by atoms with Gasteiger partial charge >= 0.3 is 12.7 Å². The molecule has 0 aliphatic heterocycles. The number of alkyl halides is 6. The van der Waals surface area contributed by atoms with Gasteiger partial charge in [0.2, 0.25) is 0 Å². The highest BCUT2D eigenvalue weighted by molar-refractivity contribution is 6.04. The predicted octanol–water partition coefficient (Wildman–Crippen LogP) is 5.78. The molecule has 148 valence electrons. The lowest BCUT2D eigenvalue weighted by molar-refractivity contribution is -0.275. The zero-order valence-electron chi connectivity index (χ0n) is 13.9. The third-order valence-corrected chi connectivity index (χ3v) is 3.11. The van der Waals surface area contributed by atoms with Crippen LogP contribution in [0.15, 0.2) is 60.7 Å². The van der Waals surface area contributed by atoms with E-state index >= 15 is 0 Å². The van der Waals surface area contributed by atoms with E-state index in [1.807, 2.05) is 0 Å². The molecule has 3 nitrogen and oxygen atoms in total. The predicted molar refractivity (Wildman–Crippen MR) is 89.3 cm³/mol. The highest BCUT2D eigenvalue weighted by Crippen LogP contribution is 2.24. The fraction of sp³-hybridized carbons (Fsp3) is 0.105. The Morgan fingerprint density at radius 3 is 1.25 bits per heavy atom. The highest BCUT2D eigenvalue weighted by atomic mass is 19.4. The van der Waals surface area contributed by atoms with Gasteiger partial charge in [0.25, 0.3) is 0 Å². The minimum atomic E-state index is -4.78. The van der Waals surface area contributed by atoms with Crippen LogP contribution < -0.4 is 9.47 Å². The van der Waals surface area contributed by atoms with Gasteiger partial charge in [0, 0.05) is 0 Å². The van der Waals surface area contributed by atoms with Crippen molar-refractivity contribution in [3.63, 3.8) is 0 Å². The third kappa shape index (κ3) is 7.98. The van der Waals surface area contributed by atoms with Crippen LogP contribution in [0.5, 0.6) is 11.5 Å². The molecular weight excluding hydrogens is 390 g/mol. The van der Waals surface area contributed by atoms with Gasteiger partial charge in [-0.15, -0.1) is 26.3 Å². The van der Waals surface area contributed by atoms with Crippen molar-refractivity contribution in [3.05, 3.63) is 71.8 Å². The number of benzene rings is 2. The van der Waals surface area contributed by atoms with Crippen molar-refractivity contribution in [2.24, 2.45) is 0 Å². The first-order chi connectivity index (χ1) is 13.0. The molecule has 0 fully saturated rings. The van der Waals surface area contributed by atoms with E-state index in [0.29, 0.717) is 11.1 Å². The van der Waals surface area contributed by atoms with Crippen molar-refractivity contribution in [2.75, 3.05) is 0 Å². The number of hydrogen-bond acceptors (Lipinski definition) is 3. The molecule has 0 aliphatic rings. The Kier molecular flexibility index (Phi) is 6.50. The van der Waals surface area contributed by atoms with Gasteiger partial charge in [-0.1, -0.05) is 36.4 Å². The standard InChI is InChI=1S/C19H12F6O3/c20-18(21,22)27-16-9-3-13(4-10-16)1-7-15(26)8-2-14-5-11-17(12-6-14)28-19(23,24)25/h1-12H/b7-1+,8-2+. The van der Waals surface area contributed by atoms with Gasteiger partial charge < -0.3 is 9.47 Å². The van der Waals surface area contributed by atoms with Crippen LogP contribution in [0, 0.1) is 0 Å². The van der Waals surface area contributed by atoms with E-state index in [9.17, 15) is 31.1 Å². The molecule has 2 rings (SSSR count). The Balaban J connectivity index is 1.92. The second-order valence-corrected chi connectivity index (χ2v) is 5.30. The summed E-state index contributed by atoms with van der Waals surface area (Å²) in [5.74, 6) is -1.19. The van der Waals surface area contributed by atoms with Crippen LogP contribution in [0.2, 0.25) is 0 Å². The van der Waals surface area contributed by atoms with Crippen molar-refractivity contribution < 1.29 is 40.6 Å². The van der Waals surface area contributed by atoms with E-state index in [1.165, 1.54) is 48.6 Å². The lowest BCUT2D eigenvalue weighted by atomic mass is 10.1. The van der Waals surface area contributed by atoms with Crippen molar-refractivity contribution >= 4 is 17.9 Å². The number of ketones is 1. The molecular formula is C19H12F6O3. The Morgan fingerprint density at radius 1 is 0.643 bits per heavy atom. The van der Waals surface area contributed by atoms with Gasteiger partial charge in [-0.05, 0) is 47.5 Å². The molecule has 9 heteroatoms. The Hall–Kier alpha value is -3.23. The van der Waals surface area contributed by atoms with E-state index in [2.05, 4.69) is 9.47 Å². The van der Waals surface area contributed by atoms with Crippen LogP contribution in [0.4, 0.5) is 26.3 Å². The first-order valence-corrected chi connectivity index (χ1v) is 7.62. The Bertz CT molecular complexity index is 776. The summed E-state index contributed by atoms with van der Waals surface area (Å²) in [6.45, 7) is 0. The van der Waals surface area contributed by atoms with E-state index in [1.54, 1.807) is 0 Å². The molecule has 0 atom stereocenters. The Morgan fingerprint density at radius 2 is 0.964 bits per heavy atom. The molecule has 0 bridgehead atoms. The van der Waals surface area contributed by atoms with Crippen molar-refractivity contribution in [2.45, 2.75) is 12.7 Å². The van der Waals surface area contributed by atoms with Crippen molar-refractivity contribution in [3.8, 4) is 11.5 Å². The van der Waals surface area contributed by atoms with Gasteiger partial charge in [0.1, 0.15) is 11.5 Å². The minimum Gasteiger partial charge on any atom is -0.406 e. The van der Waals surface area contributed by atoms with Gasteiger partial charge in [0.15, 0.2) is 5.78 Å². The van der Waals surface area contributed by atoms with E-state index < -0.39 is 18.5 Å². The molecule has 0 heterocycles. The topological polar surface area (TPSA) is 35.5 Å². The van der Waals surface area contributed by atoms with Gasteiger partial charge in [0.05, 0.1) is 0 Å². The lowest BCUT2D eigenvalue weighted by Gasteiger charge is -2.08. The van der Waals surface area contributed by atoms with Crippen LogP contribution in [0.25, 0.3) is 12.2 Å². The average molecular weight is 402 g/mol. The lowest BCUT2D eigenvalue weighted by Crippen LogP contribution is -2.16. The molecule has 0 radical (unpaired) electrons. The molecule has 28 heavy (non-hydrogen) atoms. The molecule has 0 N–H and O–H groups in total. The summed E-state index contributed by atoms with van der Waals surface area (Å²) >= 11 is 0. The number of rotatable bonds is 6. The fourth-order valence-corrected chi connectivity index (χ4v) is 1.97. The SMILES string of the molecule is O=C(/C=C/c1ccc(OC(F)(F)F)cc1)/C=C/c1ccc(OC(F)(F)F)cc1. The summed E-state index contributed by atoms with van der Waals surface area (Å²) in [6, 6.07) is 9.80. The normalized spacial score (nSPS) is 12.5. The largest absolute Gasteiger partial charge is 0.573 e. The van der Waals surface area contributed by atoms with Crippen molar-refractivity contribution in [1.82, 2.24) is 0 Å². The maximum Gasteiger partial charge on any atom is 0.573 e. The molecule has 0 saturated carbocycles. The number of allylic oxidation sites excluding steroid dienone is 2. The summed E-state index contributed by atoms with van der Waals surface area (Å²) in [5.41, 5.74) is 0.954. The molecule has 0 aliphatic carbocycles. The number of ether oxygens (including phenoxy) is 2. The summed E-state index contributed by atoms with van der Waals surface area (Å²) in [4.78, 5) is 11.8. The van der Waals surface area contributed by atoms with Gasteiger partial charge in [-0.2, -0.15) is 0 Å². The molecule has 0 amide bonds. The zero-order valence-corrected chi connectivity index (χ0v) is 13.9. The number of hydrogen-bond donors (Lipinski definition) is 0. The molecule has 0 unspecified atom stereocenters. The van der Waals surface area contributed by atoms with Crippen LogP contribution in [0.1, 0.15) is 11.1 Å². The van der Waals surface area contributed by atoms with Crippen molar-refractivity contribution in [1.29, 1.82) is 0 Å². The smallest absolute Gasteiger partial charge is 0.406 e. The summed E-state index contributed by atoms with van der Waals surface area (Å²) in [7, 11) is 0.